The summed E-state index contributed by atoms with van der Waals surface area (Å²) in [5.41, 5.74) is 3.42. The first-order valence-corrected chi connectivity index (χ1v) is 13.4. The second-order valence-corrected chi connectivity index (χ2v) is 9.78. The summed E-state index contributed by atoms with van der Waals surface area (Å²) < 4.78 is 19.4. The van der Waals surface area contributed by atoms with Crippen LogP contribution in [0, 0.1) is 5.82 Å². The Hall–Kier alpha value is -3.80. The summed E-state index contributed by atoms with van der Waals surface area (Å²) in [4.78, 5) is 44.1. The number of amides is 3. The maximum absolute atomic E-state index is 13.9. The van der Waals surface area contributed by atoms with Crippen molar-refractivity contribution in [2.75, 3.05) is 38.1 Å². The van der Waals surface area contributed by atoms with Crippen molar-refractivity contribution < 1.29 is 23.5 Å². The third kappa shape index (κ3) is 7.87. The lowest BCUT2D eigenvalue weighted by Gasteiger charge is -2.32. The molecular weight excluding hydrogens is 539 g/mol. The van der Waals surface area contributed by atoms with Gasteiger partial charge >= 0.3 is 6.09 Å². The Kier molecular flexibility index (Phi) is 10.2. The minimum absolute atomic E-state index is 0.0472. The van der Waals surface area contributed by atoms with Crippen LogP contribution in [0.1, 0.15) is 25.3 Å². The minimum Gasteiger partial charge on any atom is -0.447 e. The number of hydrazine groups is 1. The van der Waals surface area contributed by atoms with Crippen LogP contribution in [0.15, 0.2) is 54.7 Å². The van der Waals surface area contributed by atoms with Gasteiger partial charge in [-0.05, 0) is 29.5 Å². The van der Waals surface area contributed by atoms with E-state index in [-0.39, 0.29) is 42.8 Å². The number of rotatable bonds is 10. The van der Waals surface area contributed by atoms with Gasteiger partial charge in [0.1, 0.15) is 18.2 Å². The number of carbonyl (C=O) groups is 3. The molecule has 212 valence electrons. The lowest BCUT2D eigenvalue weighted by Crippen LogP contribution is -2.51. The molecule has 4 rings (SSSR count). The fourth-order valence-corrected chi connectivity index (χ4v) is 4.66. The number of benzene rings is 2. The van der Waals surface area contributed by atoms with Gasteiger partial charge in [0.2, 0.25) is 11.8 Å². The number of pyridine rings is 1. The van der Waals surface area contributed by atoms with Gasteiger partial charge in [0.05, 0.1) is 11.1 Å². The SMILES string of the molecule is CC(=O)N(NCc1cccc(F)c1Cl)[C@H](CCC(=O)N1CCNCC1)COC(=O)Nc1cc2ccccc2cn1. The van der Waals surface area contributed by atoms with Crippen molar-refractivity contribution in [1.29, 1.82) is 0 Å². The normalized spacial score (nSPS) is 14.0. The van der Waals surface area contributed by atoms with Crippen molar-refractivity contribution in [3.05, 3.63) is 71.1 Å². The first-order valence-electron chi connectivity index (χ1n) is 13.0. The van der Waals surface area contributed by atoms with Gasteiger partial charge < -0.3 is 15.0 Å². The summed E-state index contributed by atoms with van der Waals surface area (Å²) in [6, 6.07) is 13.0. The number of carbonyl (C=O) groups excluding carboxylic acids is 3. The zero-order valence-electron chi connectivity index (χ0n) is 22.2. The summed E-state index contributed by atoms with van der Waals surface area (Å²) in [6.07, 6.45) is 1.27. The summed E-state index contributed by atoms with van der Waals surface area (Å²) in [5.74, 6) is -0.674. The van der Waals surface area contributed by atoms with Gasteiger partial charge in [-0.3, -0.25) is 19.9 Å². The fraction of sp³-hybridized carbons (Fsp3) is 0.357. The molecule has 3 amide bonds. The number of nitrogens with one attached hydrogen (secondary N) is 3. The summed E-state index contributed by atoms with van der Waals surface area (Å²) >= 11 is 6.08. The molecule has 2 aromatic carbocycles. The molecule has 0 bridgehead atoms. The van der Waals surface area contributed by atoms with Gasteiger partial charge in [0, 0.05) is 57.7 Å². The molecule has 0 radical (unpaired) electrons. The molecule has 10 nitrogen and oxygen atoms in total. The number of nitrogens with zero attached hydrogens (tertiary/aromatic N) is 3. The van der Waals surface area contributed by atoms with Crippen molar-refractivity contribution in [3.63, 3.8) is 0 Å². The van der Waals surface area contributed by atoms with Crippen LogP contribution in [0.25, 0.3) is 10.8 Å². The lowest BCUT2D eigenvalue weighted by molar-refractivity contribution is -0.138. The second kappa shape index (κ2) is 14.0. The molecule has 12 heteroatoms. The van der Waals surface area contributed by atoms with E-state index in [0.29, 0.717) is 24.5 Å². The number of aromatic nitrogens is 1. The molecule has 1 saturated heterocycles. The maximum Gasteiger partial charge on any atom is 0.412 e. The lowest BCUT2D eigenvalue weighted by atomic mass is 10.1. The number of piperazine rings is 1. The highest BCUT2D eigenvalue weighted by molar-refractivity contribution is 6.31. The van der Waals surface area contributed by atoms with E-state index in [2.05, 4.69) is 21.0 Å². The number of fused-ring (bicyclic) bond motifs is 1. The highest BCUT2D eigenvalue weighted by Crippen LogP contribution is 2.20. The fourth-order valence-electron chi connectivity index (χ4n) is 4.47. The number of hydrogen-bond acceptors (Lipinski definition) is 7. The van der Waals surface area contributed by atoms with Gasteiger partial charge in [-0.2, -0.15) is 0 Å². The van der Waals surface area contributed by atoms with Gasteiger partial charge in [-0.25, -0.2) is 19.6 Å². The maximum atomic E-state index is 13.9. The topological polar surface area (TPSA) is 116 Å². The Morgan fingerprint density at radius 3 is 2.65 bits per heavy atom. The van der Waals surface area contributed by atoms with E-state index in [1.54, 1.807) is 23.2 Å². The zero-order chi connectivity index (χ0) is 28.5. The van der Waals surface area contributed by atoms with Gasteiger partial charge in [0.15, 0.2) is 0 Å². The molecule has 40 heavy (non-hydrogen) atoms. The Morgan fingerprint density at radius 2 is 1.90 bits per heavy atom. The molecule has 1 fully saturated rings. The second-order valence-electron chi connectivity index (χ2n) is 9.40. The van der Waals surface area contributed by atoms with Crippen LogP contribution in [0.5, 0.6) is 0 Å². The third-order valence-electron chi connectivity index (χ3n) is 6.60. The predicted molar refractivity (Wildman–Crippen MR) is 150 cm³/mol. The van der Waals surface area contributed by atoms with Crippen molar-refractivity contribution >= 4 is 46.1 Å². The van der Waals surface area contributed by atoms with E-state index >= 15 is 0 Å². The zero-order valence-corrected chi connectivity index (χ0v) is 22.9. The van der Waals surface area contributed by atoms with Crippen LogP contribution < -0.4 is 16.1 Å². The Balaban J connectivity index is 1.43. The number of halogens is 2. The van der Waals surface area contributed by atoms with E-state index in [4.69, 9.17) is 16.3 Å². The van der Waals surface area contributed by atoms with Crippen LogP contribution in [-0.2, 0) is 20.9 Å². The minimum atomic E-state index is -0.752. The van der Waals surface area contributed by atoms with Crippen molar-refractivity contribution in [2.24, 2.45) is 0 Å². The number of ether oxygens (including phenoxy) is 1. The summed E-state index contributed by atoms with van der Waals surface area (Å²) in [5, 5.41) is 8.89. The average Bonchev–Trinajstić information content (AvgIpc) is 2.96. The molecule has 3 aromatic rings. The quantitative estimate of drug-likeness (QED) is 0.318. The van der Waals surface area contributed by atoms with Crippen LogP contribution in [0.4, 0.5) is 15.0 Å². The molecule has 1 aliphatic heterocycles. The molecule has 0 spiro atoms. The average molecular weight is 571 g/mol. The monoisotopic (exact) mass is 570 g/mol. The number of hydrogen-bond donors (Lipinski definition) is 3. The molecule has 0 aliphatic carbocycles. The highest BCUT2D eigenvalue weighted by atomic mass is 35.5. The van der Waals surface area contributed by atoms with Crippen LogP contribution in [0.3, 0.4) is 0 Å². The molecule has 3 N–H and O–H groups in total. The molecular formula is C28H32ClFN6O4. The largest absolute Gasteiger partial charge is 0.447 e. The molecule has 1 atom stereocenters. The Bertz CT molecular complexity index is 1350. The summed E-state index contributed by atoms with van der Waals surface area (Å²) in [6.45, 7) is 3.85. The van der Waals surface area contributed by atoms with Crippen LogP contribution in [0.2, 0.25) is 5.02 Å². The van der Waals surface area contributed by atoms with E-state index in [0.717, 1.165) is 23.9 Å². The van der Waals surface area contributed by atoms with Gasteiger partial charge in [-0.1, -0.05) is 48.0 Å². The van der Waals surface area contributed by atoms with Crippen LogP contribution in [-0.4, -0.2) is 71.6 Å². The van der Waals surface area contributed by atoms with E-state index in [1.807, 2.05) is 24.3 Å². The first kappa shape index (κ1) is 29.2. The first-order chi connectivity index (χ1) is 19.3. The van der Waals surface area contributed by atoms with E-state index < -0.39 is 18.0 Å². The van der Waals surface area contributed by atoms with Crippen molar-refractivity contribution in [2.45, 2.75) is 32.4 Å². The Labute approximate surface area is 236 Å². The standard InChI is InChI=1S/C28H32ClFN6O4/c1-19(37)36(33-17-22-7-4-8-24(30)27(22)29)23(9-10-26(38)35-13-11-31-12-14-35)18-40-28(39)34-25-15-20-5-2-3-6-21(20)16-32-25/h2-8,15-16,23,31,33H,9-14,17-18H2,1H3,(H,32,34,39)/t23-/m1/s1. The molecule has 0 unspecified atom stereocenters. The van der Waals surface area contributed by atoms with Crippen molar-refractivity contribution in [3.8, 4) is 0 Å². The highest BCUT2D eigenvalue weighted by Gasteiger charge is 2.26. The van der Waals surface area contributed by atoms with Gasteiger partial charge in [-0.15, -0.1) is 0 Å². The number of anilines is 1. The molecule has 0 saturated carbocycles. The Morgan fingerprint density at radius 1 is 1.15 bits per heavy atom. The van der Waals surface area contributed by atoms with Crippen molar-refractivity contribution in [1.82, 2.24) is 25.6 Å². The third-order valence-corrected chi connectivity index (χ3v) is 7.03. The summed E-state index contributed by atoms with van der Waals surface area (Å²) in [7, 11) is 0. The molecule has 1 aliphatic rings. The van der Waals surface area contributed by atoms with Gasteiger partial charge in [0.25, 0.3) is 0 Å². The van der Waals surface area contributed by atoms with E-state index in [9.17, 15) is 18.8 Å². The molecule has 2 heterocycles. The molecule has 1 aromatic heterocycles. The smallest absolute Gasteiger partial charge is 0.412 e. The van der Waals surface area contributed by atoms with Crippen LogP contribution >= 0.6 is 11.6 Å². The van der Waals surface area contributed by atoms with E-state index in [1.165, 1.54) is 24.1 Å². The predicted octanol–water partition coefficient (Wildman–Crippen LogP) is 3.71.